The first-order chi connectivity index (χ1) is 8.74. The van der Waals surface area contributed by atoms with Crippen molar-refractivity contribution in [2.75, 3.05) is 0 Å². The molecule has 1 N–H and O–H groups in total. The fraction of sp³-hybridized carbons (Fsp3) is 0.214. The highest BCUT2D eigenvalue weighted by molar-refractivity contribution is 5.70. The smallest absolute Gasteiger partial charge is 0.412 e. The largest absolute Gasteiger partial charge is 0.469 e. The van der Waals surface area contributed by atoms with Crippen LogP contribution in [0.3, 0.4) is 0 Å². The summed E-state index contributed by atoms with van der Waals surface area (Å²) in [5.74, 6) is 1.36. The van der Waals surface area contributed by atoms with E-state index in [9.17, 15) is 4.79 Å². The van der Waals surface area contributed by atoms with Gasteiger partial charge in [-0.05, 0) is 31.2 Å². The Labute approximate surface area is 106 Å². The van der Waals surface area contributed by atoms with Crippen LogP contribution in [-0.4, -0.2) is 12.1 Å². The highest BCUT2D eigenvalue weighted by Gasteiger charge is 2.10. The van der Waals surface area contributed by atoms with E-state index in [0.29, 0.717) is 12.2 Å². The number of furan rings is 1. The third-order valence-electron chi connectivity index (χ3n) is 2.41. The predicted octanol–water partition coefficient (Wildman–Crippen LogP) is 3.00. The Hall–Kier alpha value is -2.23. The molecule has 2 aromatic rings. The van der Waals surface area contributed by atoms with Crippen molar-refractivity contribution in [3.63, 3.8) is 0 Å². The summed E-state index contributed by atoms with van der Waals surface area (Å²) in [6.07, 6.45) is 1.79. The highest BCUT2D eigenvalue weighted by atomic mass is 16.6. The fourth-order valence-electron chi connectivity index (χ4n) is 1.61. The standard InChI is InChI=1S/C14H15NO3/c1-11(10-13-8-5-9-17-13)15-14(16)18-12-6-3-2-4-7-12/h2-9,11H,10H2,1H3,(H,15,16)/t11-/m1/s1. The third kappa shape index (κ3) is 3.66. The molecule has 4 nitrogen and oxygen atoms in total. The van der Waals surface area contributed by atoms with Gasteiger partial charge in [0.05, 0.1) is 6.26 Å². The molecule has 0 radical (unpaired) electrons. The summed E-state index contributed by atoms with van der Waals surface area (Å²) >= 11 is 0. The van der Waals surface area contributed by atoms with Crippen molar-refractivity contribution < 1.29 is 13.9 Å². The van der Waals surface area contributed by atoms with E-state index in [1.54, 1.807) is 18.4 Å². The van der Waals surface area contributed by atoms with Gasteiger partial charge in [-0.25, -0.2) is 4.79 Å². The summed E-state index contributed by atoms with van der Waals surface area (Å²) in [6, 6.07) is 12.6. The number of rotatable bonds is 4. The van der Waals surface area contributed by atoms with Crippen LogP contribution in [0, 0.1) is 0 Å². The summed E-state index contributed by atoms with van der Waals surface area (Å²) in [7, 11) is 0. The second-order valence-electron chi connectivity index (χ2n) is 4.03. The van der Waals surface area contributed by atoms with Crippen LogP contribution in [-0.2, 0) is 6.42 Å². The lowest BCUT2D eigenvalue weighted by Crippen LogP contribution is -2.36. The molecule has 1 amide bonds. The molecule has 0 aliphatic heterocycles. The summed E-state index contributed by atoms with van der Waals surface area (Å²) in [5.41, 5.74) is 0. The normalized spacial score (nSPS) is 11.8. The van der Waals surface area contributed by atoms with Gasteiger partial charge in [-0.15, -0.1) is 0 Å². The molecular weight excluding hydrogens is 230 g/mol. The Morgan fingerprint density at radius 1 is 1.28 bits per heavy atom. The molecular formula is C14H15NO3. The minimum atomic E-state index is -0.458. The lowest BCUT2D eigenvalue weighted by atomic mass is 10.2. The molecule has 0 fully saturated rings. The van der Waals surface area contributed by atoms with E-state index in [4.69, 9.17) is 9.15 Å². The van der Waals surface area contributed by atoms with Gasteiger partial charge in [0.15, 0.2) is 0 Å². The molecule has 94 valence electrons. The first-order valence-corrected chi connectivity index (χ1v) is 5.80. The zero-order valence-electron chi connectivity index (χ0n) is 10.1. The molecule has 0 saturated carbocycles. The van der Waals surface area contributed by atoms with Crippen LogP contribution in [0.15, 0.2) is 53.1 Å². The minimum absolute atomic E-state index is 0.0487. The molecule has 4 heteroatoms. The second kappa shape index (κ2) is 5.91. The zero-order valence-corrected chi connectivity index (χ0v) is 10.1. The number of hydrogen-bond donors (Lipinski definition) is 1. The summed E-state index contributed by atoms with van der Waals surface area (Å²) in [6.45, 7) is 1.90. The molecule has 0 saturated heterocycles. The number of para-hydroxylation sites is 1. The first kappa shape index (κ1) is 12.2. The molecule has 0 aliphatic carbocycles. The van der Waals surface area contributed by atoms with Gasteiger partial charge in [0.25, 0.3) is 0 Å². The van der Waals surface area contributed by atoms with Crippen LogP contribution in [0.4, 0.5) is 4.79 Å². The number of hydrogen-bond acceptors (Lipinski definition) is 3. The van der Waals surface area contributed by atoms with Crippen LogP contribution >= 0.6 is 0 Å². The maximum Gasteiger partial charge on any atom is 0.412 e. The van der Waals surface area contributed by atoms with Crippen molar-refractivity contribution in [1.82, 2.24) is 5.32 Å². The van der Waals surface area contributed by atoms with Gasteiger partial charge >= 0.3 is 6.09 Å². The van der Waals surface area contributed by atoms with Crippen LogP contribution < -0.4 is 10.1 Å². The average molecular weight is 245 g/mol. The van der Waals surface area contributed by atoms with Crippen LogP contribution in [0.5, 0.6) is 5.75 Å². The summed E-state index contributed by atoms with van der Waals surface area (Å²) in [5, 5.41) is 2.75. The molecule has 0 unspecified atom stereocenters. The Bertz CT molecular complexity index is 479. The van der Waals surface area contributed by atoms with Gasteiger partial charge in [0.2, 0.25) is 0 Å². The SMILES string of the molecule is C[C@H](Cc1ccco1)NC(=O)Oc1ccccc1. The molecule has 1 aromatic heterocycles. The Morgan fingerprint density at radius 2 is 2.06 bits per heavy atom. The van der Waals surface area contributed by atoms with Crippen molar-refractivity contribution >= 4 is 6.09 Å². The summed E-state index contributed by atoms with van der Waals surface area (Å²) in [4.78, 5) is 11.6. The Kier molecular flexibility index (Phi) is 4.02. The number of carbonyl (C=O) groups is 1. The van der Waals surface area contributed by atoms with Gasteiger partial charge < -0.3 is 14.5 Å². The third-order valence-corrected chi connectivity index (χ3v) is 2.41. The lowest BCUT2D eigenvalue weighted by Gasteiger charge is -2.12. The maximum absolute atomic E-state index is 11.6. The molecule has 1 aromatic carbocycles. The molecule has 0 spiro atoms. The number of benzene rings is 1. The first-order valence-electron chi connectivity index (χ1n) is 5.80. The van der Waals surface area contributed by atoms with Gasteiger partial charge in [-0.1, -0.05) is 18.2 Å². The Morgan fingerprint density at radius 3 is 2.72 bits per heavy atom. The van der Waals surface area contributed by atoms with E-state index in [1.165, 1.54) is 0 Å². The number of ether oxygens (including phenoxy) is 1. The van der Waals surface area contributed by atoms with Crippen molar-refractivity contribution in [3.05, 3.63) is 54.5 Å². The average Bonchev–Trinajstić information content (AvgIpc) is 2.82. The molecule has 0 aliphatic rings. The number of nitrogens with one attached hydrogen (secondary N) is 1. The zero-order chi connectivity index (χ0) is 12.8. The van der Waals surface area contributed by atoms with Crippen LogP contribution in [0.25, 0.3) is 0 Å². The Balaban J connectivity index is 1.80. The predicted molar refractivity (Wildman–Crippen MR) is 67.5 cm³/mol. The number of carbonyl (C=O) groups excluding carboxylic acids is 1. The van der Waals surface area contributed by atoms with E-state index in [1.807, 2.05) is 37.3 Å². The number of amides is 1. The fourth-order valence-corrected chi connectivity index (χ4v) is 1.61. The van der Waals surface area contributed by atoms with Gasteiger partial charge in [0.1, 0.15) is 11.5 Å². The van der Waals surface area contributed by atoms with Gasteiger partial charge in [-0.3, -0.25) is 0 Å². The van der Waals surface area contributed by atoms with E-state index in [-0.39, 0.29) is 6.04 Å². The quantitative estimate of drug-likeness (QED) is 0.900. The summed E-state index contributed by atoms with van der Waals surface area (Å²) < 4.78 is 10.3. The monoisotopic (exact) mass is 245 g/mol. The van der Waals surface area contributed by atoms with Crippen molar-refractivity contribution in [1.29, 1.82) is 0 Å². The molecule has 2 rings (SSSR count). The molecule has 1 heterocycles. The van der Waals surface area contributed by atoms with E-state index >= 15 is 0 Å². The van der Waals surface area contributed by atoms with Crippen LogP contribution in [0.2, 0.25) is 0 Å². The lowest BCUT2D eigenvalue weighted by molar-refractivity contribution is 0.196. The van der Waals surface area contributed by atoms with Gasteiger partial charge in [0, 0.05) is 12.5 Å². The van der Waals surface area contributed by atoms with E-state index in [2.05, 4.69) is 5.32 Å². The topological polar surface area (TPSA) is 51.5 Å². The second-order valence-corrected chi connectivity index (χ2v) is 4.03. The van der Waals surface area contributed by atoms with Crippen molar-refractivity contribution in [3.8, 4) is 5.75 Å². The molecule has 1 atom stereocenters. The van der Waals surface area contributed by atoms with Crippen LogP contribution in [0.1, 0.15) is 12.7 Å². The maximum atomic E-state index is 11.6. The minimum Gasteiger partial charge on any atom is -0.469 e. The van der Waals surface area contributed by atoms with Crippen molar-refractivity contribution in [2.45, 2.75) is 19.4 Å². The van der Waals surface area contributed by atoms with Gasteiger partial charge in [-0.2, -0.15) is 0 Å². The molecule has 0 bridgehead atoms. The van der Waals surface area contributed by atoms with E-state index in [0.717, 1.165) is 5.76 Å². The van der Waals surface area contributed by atoms with E-state index < -0.39 is 6.09 Å². The molecule has 18 heavy (non-hydrogen) atoms. The van der Waals surface area contributed by atoms with Crippen molar-refractivity contribution in [2.24, 2.45) is 0 Å². The highest BCUT2D eigenvalue weighted by Crippen LogP contribution is 2.09.